The van der Waals surface area contributed by atoms with Gasteiger partial charge in [-0.1, -0.05) is 23.8 Å². The number of hydrogen-bond acceptors (Lipinski definition) is 5. The van der Waals surface area contributed by atoms with Crippen molar-refractivity contribution in [2.24, 2.45) is 5.92 Å². The molecule has 0 aromatic rings. The molecule has 0 radical (unpaired) electrons. The second kappa shape index (κ2) is 7.63. The van der Waals surface area contributed by atoms with E-state index in [1.54, 1.807) is 0 Å². The smallest absolute Gasteiger partial charge is 0.334 e. The normalized spacial score (nSPS) is 41.0. The summed E-state index contributed by atoms with van der Waals surface area (Å²) in [6.45, 7) is 11.5. The molecule has 0 aromatic heterocycles. The average Bonchev–Trinajstić information content (AvgIpc) is 3.18. The summed E-state index contributed by atoms with van der Waals surface area (Å²) in [6, 6.07) is 0. The Kier molecular flexibility index (Phi) is 5.61. The van der Waals surface area contributed by atoms with Gasteiger partial charge in [-0.2, -0.15) is 0 Å². The van der Waals surface area contributed by atoms with Crippen molar-refractivity contribution in [3.05, 3.63) is 35.5 Å². The van der Waals surface area contributed by atoms with E-state index in [4.69, 9.17) is 14.2 Å². The summed E-state index contributed by atoms with van der Waals surface area (Å²) in [6.07, 6.45) is 7.78. The largest absolute Gasteiger partial charge is 0.459 e. The summed E-state index contributed by atoms with van der Waals surface area (Å²) in [7, 11) is 0. The molecule has 3 aliphatic rings. The van der Waals surface area contributed by atoms with E-state index in [9.17, 15) is 9.59 Å². The van der Waals surface area contributed by atoms with Crippen LogP contribution in [0.4, 0.5) is 0 Å². The van der Waals surface area contributed by atoms with Crippen LogP contribution in [-0.4, -0.2) is 35.9 Å². The van der Waals surface area contributed by atoms with Gasteiger partial charge in [0.25, 0.3) is 0 Å². The van der Waals surface area contributed by atoms with Gasteiger partial charge in [0.05, 0.1) is 6.10 Å². The van der Waals surface area contributed by atoms with Gasteiger partial charge in [0.15, 0.2) is 0 Å². The molecule has 5 atom stereocenters. The molecule has 148 valence electrons. The molecule has 27 heavy (non-hydrogen) atoms. The second-order valence-electron chi connectivity index (χ2n) is 8.27. The fraction of sp³-hybridized carbons (Fsp3) is 0.636. The molecule has 0 N–H and O–H groups in total. The summed E-state index contributed by atoms with van der Waals surface area (Å²) >= 11 is 0. The van der Waals surface area contributed by atoms with Crippen LogP contribution < -0.4 is 0 Å². The summed E-state index contributed by atoms with van der Waals surface area (Å²) in [5.74, 6) is -0.917. The molecule has 5 unspecified atom stereocenters. The predicted molar refractivity (Wildman–Crippen MR) is 102 cm³/mol. The summed E-state index contributed by atoms with van der Waals surface area (Å²) in [5, 5.41) is 0. The summed E-state index contributed by atoms with van der Waals surface area (Å²) in [5.41, 5.74) is 2.46. The third-order valence-corrected chi connectivity index (χ3v) is 6.02. The van der Waals surface area contributed by atoms with Crippen molar-refractivity contribution < 1.29 is 23.8 Å². The minimum absolute atomic E-state index is 0.0511. The number of carbonyl (C=O) groups excluding carboxylic acids is 2. The molecule has 2 aliphatic heterocycles. The van der Waals surface area contributed by atoms with Crippen molar-refractivity contribution in [2.75, 3.05) is 0 Å². The number of epoxide rings is 1. The van der Waals surface area contributed by atoms with Crippen LogP contribution in [0.25, 0.3) is 0 Å². The maximum atomic E-state index is 12.1. The molecule has 0 aromatic carbocycles. The lowest BCUT2D eigenvalue weighted by Gasteiger charge is -2.26. The van der Waals surface area contributed by atoms with Gasteiger partial charge in [-0.25, -0.2) is 4.79 Å². The lowest BCUT2D eigenvalue weighted by atomic mass is 9.84. The first-order chi connectivity index (χ1) is 12.7. The Balaban J connectivity index is 1.91. The molecule has 3 rings (SSSR count). The fourth-order valence-corrected chi connectivity index (χ4v) is 4.16. The van der Waals surface area contributed by atoms with Crippen LogP contribution >= 0.6 is 0 Å². The van der Waals surface area contributed by atoms with E-state index >= 15 is 0 Å². The highest BCUT2D eigenvalue weighted by molar-refractivity contribution is 5.91. The zero-order chi connectivity index (χ0) is 19.8. The van der Waals surface area contributed by atoms with Crippen LogP contribution in [0.1, 0.15) is 59.8 Å². The van der Waals surface area contributed by atoms with E-state index in [0.29, 0.717) is 12.0 Å². The Labute approximate surface area is 161 Å². The minimum atomic E-state index is -0.523. The molecule has 1 aliphatic carbocycles. The molecule has 0 amide bonds. The molecule has 0 saturated carbocycles. The Morgan fingerprint density at radius 2 is 2.04 bits per heavy atom. The molecule has 2 heterocycles. The van der Waals surface area contributed by atoms with Crippen molar-refractivity contribution >= 4 is 11.9 Å². The minimum Gasteiger partial charge on any atom is -0.459 e. The van der Waals surface area contributed by atoms with Crippen LogP contribution in [0, 0.1) is 5.92 Å². The van der Waals surface area contributed by atoms with E-state index in [-0.39, 0.29) is 30.1 Å². The van der Waals surface area contributed by atoms with Gasteiger partial charge >= 0.3 is 11.9 Å². The van der Waals surface area contributed by atoms with E-state index in [0.717, 1.165) is 25.7 Å². The van der Waals surface area contributed by atoms with Gasteiger partial charge < -0.3 is 14.2 Å². The van der Waals surface area contributed by atoms with Crippen molar-refractivity contribution in [1.29, 1.82) is 0 Å². The van der Waals surface area contributed by atoms with Crippen molar-refractivity contribution in [3.8, 4) is 0 Å². The highest BCUT2D eigenvalue weighted by atomic mass is 16.6. The zero-order valence-corrected chi connectivity index (χ0v) is 16.7. The summed E-state index contributed by atoms with van der Waals surface area (Å²) in [4.78, 5) is 23.8. The van der Waals surface area contributed by atoms with Crippen molar-refractivity contribution in [3.63, 3.8) is 0 Å². The third-order valence-electron chi connectivity index (χ3n) is 6.02. The van der Waals surface area contributed by atoms with Crippen molar-refractivity contribution in [2.45, 2.75) is 83.7 Å². The number of carbonyl (C=O) groups is 2. The van der Waals surface area contributed by atoms with Crippen LogP contribution in [0.3, 0.4) is 0 Å². The van der Waals surface area contributed by atoms with Crippen LogP contribution in [0.2, 0.25) is 0 Å². The van der Waals surface area contributed by atoms with Gasteiger partial charge in [-0.15, -0.1) is 0 Å². The Morgan fingerprint density at radius 1 is 1.30 bits per heavy atom. The summed E-state index contributed by atoms with van der Waals surface area (Å²) < 4.78 is 17.2. The molecule has 2 fully saturated rings. The second-order valence-corrected chi connectivity index (χ2v) is 8.27. The molecule has 0 spiro atoms. The number of ether oxygens (including phenoxy) is 3. The fourth-order valence-electron chi connectivity index (χ4n) is 4.16. The first-order valence-electron chi connectivity index (χ1n) is 9.78. The monoisotopic (exact) mass is 374 g/mol. The lowest BCUT2D eigenvalue weighted by Crippen LogP contribution is -2.37. The van der Waals surface area contributed by atoms with E-state index in [2.05, 4.69) is 26.5 Å². The maximum Gasteiger partial charge on any atom is 0.334 e. The van der Waals surface area contributed by atoms with Gasteiger partial charge in [-0.05, 0) is 59.0 Å². The molecule has 2 saturated heterocycles. The molecule has 5 heteroatoms. The Hall–Kier alpha value is -1.88. The lowest BCUT2D eigenvalue weighted by molar-refractivity contribution is -0.151. The molecule has 0 bridgehead atoms. The van der Waals surface area contributed by atoms with Crippen LogP contribution in [0.5, 0.6) is 0 Å². The van der Waals surface area contributed by atoms with E-state index < -0.39 is 11.7 Å². The zero-order valence-electron chi connectivity index (χ0n) is 16.7. The Bertz CT molecular complexity index is 703. The molecule has 5 nitrogen and oxygen atoms in total. The SMILES string of the molecule is C=C1C(=O)OC2/C=C(\C)CC/C=C(\C)CCC3OC3(C)C(OC(C)=O)CC12. The van der Waals surface area contributed by atoms with Gasteiger partial charge in [0.2, 0.25) is 0 Å². The van der Waals surface area contributed by atoms with Crippen LogP contribution in [0.15, 0.2) is 35.5 Å². The number of hydrogen-bond donors (Lipinski definition) is 0. The third kappa shape index (κ3) is 4.34. The highest BCUT2D eigenvalue weighted by Gasteiger charge is 2.60. The molecular weight excluding hydrogens is 344 g/mol. The molecular formula is C22H30O5. The highest BCUT2D eigenvalue weighted by Crippen LogP contribution is 2.47. The standard InChI is InChI=1S/C22H30O5/c1-13-7-6-8-14(2)11-18-17(15(3)21(24)26-18)12-20(25-16(4)23)22(5)19(27-22)10-9-13/h7,11,17-20H,3,6,8-10,12H2,1-2,4-5H3/b13-7+,14-11+. The average molecular weight is 374 g/mol. The maximum absolute atomic E-state index is 12.1. The van der Waals surface area contributed by atoms with Gasteiger partial charge in [0.1, 0.15) is 17.8 Å². The van der Waals surface area contributed by atoms with Crippen molar-refractivity contribution in [1.82, 2.24) is 0 Å². The van der Waals surface area contributed by atoms with E-state index in [1.807, 2.05) is 13.0 Å². The number of fused-ring (bicyclic) bond motifs is 2. The number of esters is 2. The first-order valence-corrected chi connectivity index (χ1v) is 9.78. The number of allylic oxidation sites excluding steroid dienone is 3. The first kappa shape index (κ1) is 19.9. The predicted octanol–water partition coefficient (Wildman–Crippen LogP) is 4.03. The van der Waals surface area contributed by atoms with E-state index in [1.165, 1.54) is 18.1 Å². The van der Waals surface area contributed by atoms with Gasteiger partial charge in [0, 0.05) is 18.4 Å². The Morgan fingerprint density at radius 3 is 2.74 bits per heavy atom. The quantitative estimate of drug-likeness (QED) is 0.300. The van der Waals surface area contributed by atoms with Crippen LogP contribution in [-0.2, 0) is 23.8 Å². The van der Waals surface area contributed by atoms with Gasteiger partial charge in [-0.3, -0.25) is 4.79 Å². The topological polar surface area (TPSA) is 65.1 Å². The number of rotatable bonds is 1.